The Morgan fingerprint density at radius 2 is 1.37 bits per heavy atom. The van der Waals surface area contributed by atoms with Crippen molar-refractivity contribution in [3.05, 3.63) is 66.7 Å². The molecule has 0 spiro atoms. The molecule has 1 atom stereocenters. The number of unbranched alkanes of at least 4 members (excludes halogenated alkanes) is 7. The van der Waals surface area contributed by atoms with Gasteiger partial charge in [-0.25, -0.2) is 4.79 Å². The number of esters is 1. The molecule has 2 aromatic rings. The van der Waals surface area contributed by atoms with Gasteiger partial charge in [0.25, 0.3) is 0 Å². The van der Waals surface area contributed by atoms with E-state index in [-0.39, 0.29) is 5.38 Å². The van der Waals surface area contributed by atoms with Crippen LogP contribution in [0.4, 0.5) is 0 Å². The zero-order valence-corrected chi connectivity index (χ0v) is 22.1. The lowest BCUT2D eigenvalue weighted by atomic mass is 10.1. The minimum atomic E-state index is -0.406. The number of hydrogen-bond acceptors (Lipinski definition) is 4. The monoisotopic (exact) mass is 500 g/mol. The zero-order valence-electron chi connectivity index (χ0n) is 21.3. The fourth-order valence-electron chi connectivity index (χ4n) is 3.69. The minimum Gasteiger partial charge on any atom is -0.494 e. The van der Waals surface area contributed by atoms with Crippen molar-refractivity contribution in [2.45, 2.75) is 77.0 Å². The molecule has 2 aromatic carbocycles. The molecule has 2 rings (SSSR count). The van der Waals surface area contributed by atoms with E-state index in [4.69, 9.17) is 25.8 Å². The lowest BCUT2D eigenvalue weighted by molar-refractivity contribution is 0.0734. The SMILES string of the molecule is C=CCCCCCCCCCOc1ccc(C(=O)Oc2ccc(OC[C@H](Cl)CC(C)C)cc2)cc1. The summed E-state index contributed by atoms with van der Waals surface area (Å²) in [6.45, 7) is 9.17. The molecule has 0 aliphatic rings. The molecule has 192 valence electrons. The Hall–Kier alpha value is -2.46. The number of alkyl halides is 1. The molecule has 0 N–H and O–H groups in total. The summed E-state index contributed by atoms with van der Waals surface area (Å²) in [4.78, 5) is 12.5. The number of carbonyl (C=O) groups is 1. The zero-order chi connectivity index (χ0) is 25.3. The van der Waals surface area contributed by atoms with Gasteiger partial charge in [-0.2, -0.15) is 0 Å². The highest BCUT2D eigenvalue weighted by atomic mass is 35.5. The van der Waals surface area contributed by atoms with Crippen molar-refractivity contribution in [2.24, 2.45) is 5.92 Å². The van der Waals surface area contributed by atoms with Crippen molar-refractivity contribution in [3.8, 4) is 17.2 Å². The minimum absolute atomic E-state index is 0.0260. The smallest absolute Gasteiger partial charge is 0.343 e. The first-order valence-electron chi connectivity index (χ1n) is 12.9. The van der Waals surface area contributed by atoms with Crippen molar-refractivity contribution in [2.75, 3.05) is 13.2 Å². The van der Waals surface area contributed by atoms with E-state index in [1.54, 1.807) is 36.4 Å². The van der Waals surface area contributed by atoms with Crippen LogP contribution in [0, 0.1) is 5.92 Å². The predicted molar refractivity (Wildman–Crippen MR) is 145 cm³/mol. The van der Waals surface area contributed by atoms with Crippen LogP contribution in [0.3, 0.4) is 0 Å². The van der Waals surface area contributed by atoms with Crippen molar-refractivity contribution in [1.82, 2.24) is 0 Å². The van der Waals surface area contributed by atoms with Crippen molar-refractivity contribution in [1.29, 1.82) is 0 Å². The summed E-state index contributed by atoms with van der Waals surface area (Å²) in [5.74, 6) is 2.05. The lowest BCUT2D eigenvalue weighted by Crippen LogP contribution is -2.14. The number of carbonyl (C=O) groups excluding carboxylic acids is 1. The second kappa shape index (κ2) is 17.0. The number of hydrogen-bond donors (Lipinski definition) is 0. The Kier molecular flexibility index (Phi) is 14.0. The van der Waals surface area contributed by atoms with Gasteiger partial charge in [0, 0.05) is 0 Å². The molecule has 0 bridgehead atoms. The molecular weight excluding hydrogens is 460 g/mol. The first-order chi connectivity index (χ1) is 17.0. The third kappa shape index (κ3) is 12.7. The number of benzene rings is 2. The van der Waals surface area contributed by atoms with Gasteiger partial charge < -0.3 is 14.2 Å². The molecule has 0 radical (unpaired) electrons. The highest BCUT2D eigenvalue weighted by Crippen LogP contribution is 2.21. The fraction of sp³-hybridized carbons (Fsp3) is 0.500. The van der Waals surface area contributed by atoms with Gasteiger partial charge in [0.05, 0.1) is 17.5 Å². The van der Waals surface area contributed by atoms with Gasteiger partial charge in [-0.1, -0.05) is 52.0 Å². The standard InChI is InChI=1S/C30H41ClO4/c1-4-5-6-7-8-9-10-11-12-21-33-27-15-13-25(14-16-27)30(32)35-29-19-17-28(18-20-29)34-23-26(31)22-24(2)3/h4,13-20,24,26H,1,5-12,21-23H2,2-3H3/t26-/m1/s1. The normalized spacial score (nSPS) is 11.8. The second-order valence-electron chi connectivity index (χ2n) is 9.32. The van der Waals surface area contributed by atoms with Gasteiger partial charge in [-0.3, -0.25) is 0 Å². The van der Waals surface area contributed by atoms with Gasteiger partial charge in [0.1, 0.15) is 23.9 Å². The van der Waals surface area contributed by atoms with Crippen LogP contribution in [0.15, 0.2) is 61.2 Å². The van der Waals surface area contributed by atoms with E-state index in [0.717, 1.165) is 25.0 Å². The maximum Gasteiger partial charge on any atom is 0.343 e. The van der Waals surface area contributed by atoms with Crippen LogP contribution < -0.4 is 14.2 Å². The maximum atomic E-state index is 12.5. The van der Waals surface area contributed by atoms with Crippen LogP contribution in [0.2, 0.25) is 0 Å². The molecule has 35 heavy (non-hydrogen) atoms. The summed E-state index contributed by atoms with van der Waals surface area (Å²) < 4.78 is 17.0. The van der Waals surface area contributed by atoms with Gasteiger partial charge in [0.15, 0.2) is 0 Å². The maximum absolute atomic E-state index is 12.5. The van der Waals surface area contributed by atoms with Crippen LogP contribution in [0.25, 0.3) is 0 Å². The van der Waals surface area contributed by atoms with Crippen LogP contribution in [0.5, 0.6) is 17.2 Å². The molecule has 0 aromatic heterocycles. The van der Waals surface area contributed by atoms with Gasteiger partial charge >= 0.3 is 5.97 Å². The van der Waals surface area contributed by atoms with Crippen molar-refractivity contribution >= 4 is 17.6 Å². The second-order valence-corrected chi connectivity index (χ2v) is 9.94. The Bertz CT molecular complexity index is 846. The summed E-state index contributed by atoms with van der Waals surface area (Å²) >= 11 is 6.27. The van der Waals surface area contributed by atoms with Crippen LogP contribution >= 0.6 is 11.6 Å². The highest BCUT2D eigenvalue weighted by molar-refractivity contribution is 6.20. The van der Waals surface area contributed by atoms with Crippen molar-refractivity contribution in [3.63, 3.8) is 0 Å². The molecule has 4 nitrogen and oxygen atoms in total. The first kappa shape index (κ1) is 28.8. The van der Waals surface area contributed by atoms with E-state index in [1.807, 2.05) is 18.2 Å². The van der Waals surface area contributed by atoms with E-state index in [2.05, 4.69) is 20.4 Å². The van der Waals surface area contributed by atoms with E-state index in [1.165, 1.54) is 38.5 Å². The predicted octanol–water partition coefficient (Wildman–Crippen LogP) is 8.62. The third-order valence-electron chi connectivity index (χ3n) is 5.60. The fourth-order valence-corrected chi connectivity index (χ4v) is 4.11. The Morgan fingerprint density at radius 1 is 0.829 bits per heavy atom. The summed E-state index contributed by atoms with van der Waals surface area (Å²) in [5, 5.41) is -0.0260. The third-order valence-corrected chi connectivity index (χ3v) is 5.91. The number of halogens is 1. The highest BCUT2D eigenvalue weighted by Gasteiger charge is 2.11. The van der Waals surface area contributed by atoms with Crippen LogP contribution in [-0.2, 0) is 0 Å². The van der Waals surface area contributed by atoms with E-state index in [9.17, 15) is 4.79 Å². The Labute approximate surface area is 216 Å². The average Bonchev–Trinajstić information content (AvgIpc) is 2.84. The molecule has 0 aliphatic carbocycles. The molecule has 0 unspecified atom stereocenters. The quantitative estimate of drug-likeness (QED) is 0.0675. The largest absolute Gasteiger partial charge is 0.494 e. The molecule has 0 saturated heterocycles. The number of rotatable bonds is 18. The van der Waals surface area contributed by atoms with E-state index in [0.29, 0.717) is 36.2 Å². The topological polar surface area (TPSA) is 44.8 Å². The lowest BCUT2D eigenvalue weighted by Gasteiger charge is -2.13. The van der Waals surface area contributed by atoms with Crippen molar-refractivity contribution < 1.29 is 19.0 Å². The summed E-state index contributed by atoms with van der Waals surface area (Å²) in [5.41, 5.74) is 0.479. The van der Waals surface area contributed by atoms with Crippen LogP contribution in [0.1, 0.15) is 82.0 Å². The van der Waals surface area contributed by atoms with Crippen LogP contribution in [-0.4, -0.2) is 24.6 Å². The number of ether oxygens (including phenoxy) is 3. The molecule has 0 saturated carbocycles. The van der Waals surface area contributed by atoms with Gasteiger partial charge in [0.2, 0.25) is 0 Å². The average molecular weight is 501 g/mol. The summed E-state index contributed by atoms with van der Waals surface area (Å²) in [6.07, 6.45) is 12.6. The van der Waals surface area contributed by atoms with Gasteiger partial charge in [-0.05, 0) is 80.1 Å². The summed E-state index contributed by atoms with van der Waals surface area (Å²) in [7, 11) is 0. The van der Waals surface area contributed by atoms with E-state index >= 15 is 0 Å². The molecule has 0 aliphatic heterocycles. The number of allylic oxidation sites excluding steroid dienone is 1. The summed E-state index contributed by atoms with van der Waals surface area (Å²) in [6, 6.07) is 14.1. The van der Waals surface area contributed by atoms with E-state index < -0.39 is 5.97 Å². The van der Waals surface area contributed by atoms with Gasteiger partial charge in [-0.15, -0.1) is 18.2 Å². The Morgan fingerprint density at radius 3 is 2.00 bits per heavy atom. The molecule has 0 amide bonds. The molecule has 0 fully saturated rings. The first-order valence-corrected chi connectivity index (χ1v) is 13.3. The molecule has 0 heterocycles. The molecular formula is C30H41ClO4. The molecule has 5 heteroatoms. The Balaban J connectivity index is 1.65.